The van der Waals surface area contributed by atoms with Gasteiger partial charge in [0.05, 0.1) is 4.90 Å². The van der Waals surface area contributed by atoms with Gasteiger partial charge in [-0.15, -0.1) is 0 Å². The molecule has 0 aliphatic rings. The van der Waals surface area contributed by atoms with Gasteiger partial charge >= 0.3 is 0 Å². The molecule has 4 nitrogen and oxygen atoms in total. The summed E-state index contributed by atoms with van der Waals surface area (Å²) in [6.07, 6.45) is 1.98. The molecule has 0 saturated heterocycles. The Bertz CT molecular complexity index is 544. The van der Waals surface area contributed by atoms with Crippen LogP contribution in [0.15, 0.2) is 23.1 Å². The van der Waals surface area contributed by atoms with Crippen molar-refractivity contribution < 1.29 is 8.42 Å². The van der Waals surface area contributed by atoms with E-state index in [1.807, 2.05) is 33.2 Å². The molecule has 0 aliphatic carbocycles. The number of hydrogen-bond donors (Lipinski definition) is 1. The summed E-state index contributed by atoms with van der Waals surface area (Å²) in [6.45, 7) is 4.58. The minimum atomic E-state index is -3.43. The van der Waals surface area contributed by atoms with Gasteiger partial charge in [-0.1, -0.05) is 6.07 Å². The lowest BCUT2D eigenvalue weighted by molar-refractivity contribution is 0.415. The lowest BCUT2D eigenvalue weighted by atomic mass is 10.1. The first-order chi connectivity index (χ1) is 9.34. The number of rotatable bonds is 7. The Morgan fingerprint density at radius 3 is 2.60 bits per heavy atom. The molecule has 1 rings (SSSR count). The van der Waals surface area contributed by atoms with Crippen LogP contribution in [-0.2, 0) is 16.6 Å². The Hall–Kier alpha value is -0.560. The van der Waals surface area contributed by atoms with Gasteiger partial charge in [0.25, 0.3) is 0 Å². The molecule has 20 heavy (non-hydrogen) atoms. The van der Waals surface area contributed by atoms with Crippen molar-refractivity contribution in [2.24, 2.45) is 0 Å². The van der Waals surface area contributed by atoms with Crippen molar-refractivity contribution in [1.29, 1.82) is 0 Å². The molecular formula is C14H24N2O2S2. The molecule has 0 bridgehead atoms. The zero-order chi connectivity index (χ0) is 15.3. The number of nitrogens with zero attached hydrogens (tertiary/aromatic N) is 1. The zero-order valence-electron chi connectivity index (χ0n) is 12.8. The van der Waals surface area contributed by atoms with Crippen LogP contribution in [0.2, 0.25) is 0 Å². The summed E-state index contributed by atoms with van der Waals surface area (Å²) in [5.41, 5.74) is 2.11. The average Bonchev–Trinajstić information content (AvgIpc) is 2.40. The van der Waals surface area contributed by atoms with Gasteiger partial charge in [0, 0.05) is 25.4 Å². The number of hydrogen-bond acceptors (Lipinski definition) is 4. The minimum Gasteiger partial charge on any atom is -0.316 e. The van der Waals surface area contributed by atoms with Crippen molar-refractivity contribution in [1.82, 2.24) is 9.62 Å². The fourth-order valence-electron chi connectivity index (χ4n) is 1.94. The highest BCUT2D eigenvalue weighted by Crippen LogP contribution is 2.21. The summed E-state index contributed by atoms with van der Waals surface area (Å²) in [4.78, 5) is 0.365. The van der Waals surface area contributed by atoms with Gasteiger partial charge in [0.15, 0.2) is 0 Å². The van der Waals surface area contributed by atoms with Crippen LogP contribution < -0.4 is 5.32 Å². The smallest absolute Gasteiger partial charge is 0.243 e. The second-order valence-electron chi connectivity index (χ2n) is 4.94. The van der Waals surface area contributed by atoms with Gasteiger partial charge in [0.2, 0.25) is 10.0 Å². The second kappa shape index (κ2) is 7.45. The lowest BCUT2D eigenvalue weighted by Gasteiger charge is -2.24. The van der Waals surface area contributed by atoms with Crippen molar-refractivity contribution in [2.45, 2.75) is 31.3 Å². The van der Waals surface area contributed by atoms with Gasteiger partial charge in [-0.05, 0) is 50.4 Å². The summed E-state index contributed by atoms with van der Waals surface area (Å²) in [6, 6.07) is 5.30. The molecule has 0 aliphatic heterocycles. The van der Waals surface area contributed by atoms with Crippen molar-refractivity contribution in [3.63, 3.8) is 0 Å². The summed E-state index contributed by atoms with van der Waals surface area (Å²) >= 11 is 1.65. The summed E-state index contributed by atoms with van der Waals surface area (Å²) < 4.78 is 26.7. The molecule has 6 heteroatoms. The van der Waals surface area contributed by atoms with Crippen molar-refractivity contribution in [2.75, 3.05) is 26.1 Å². The van der Waals surface area contributed by atoms with Crippen LogP contribution in [-0.4, -0.2) is 44.9 Å². The Balaban J connectivity index is 3.12. The van der Waals surface area contributed by atoms with Gasteiger partial charge < -0.3 is 5.32 Å². The van der Waals surface area contributed by atoms with Crippen LogP contribution >= 0.6 is 11.8 Å². The van der Waals surface area contributed by atoms with E-state index < -0.39 is 10.0 Å². The minimum absolute atomic E-state index is 0.0240. The molecule has 1 aromatic rings. The molecule has 0 spiro atoms. The average molecular weight is 316 g/mol. The molecular weight excluding hydrogens is 292 g/mol. The van der Waals surface area contributed by atoms with Crippen molar-refractivity contribution in [3.8, 4) is 0 Å². The molecule has 114 valence electrons. The van der Waals surface area contributed by atoms with Gasteiger partial charge in [-0.25, -0.2) is 8.42 Å². The molecule has 0 saturated carbocycles. The van der Waals surface area contributed by atoms with E-state index in [9.17, 15) is 8.42 Å². The third-order valence-corrected chi connectivity index (χ3v) is 6.18. The summed E-state index contributed by atoms with van der Waals surface area (Å²) in [7, 11) is 0.0753. The number of nitrogens with one attached hydrogen (secondary N) is 1. The number of aryl methyl sites for hydroxylation is 1. The van der Waals surface area contributed by atoms with Gasteiger partial charge in [-0.3, -0.25) is 0 Å². The lowest BCUT2D eigenvalue weighted by Crippen LogP contribution is -2.36. The first kappa shape index (κ1) is 17.5. The zero-order valence-corrected chi connectivity index (χ0v) is 14.4. The Labute approximate surface area is 127 Å². The highest BCUT2D eigenvalue weighted by Gasteiger charge is 2.25. The predicted molar refractivity (Wildman–Crippen MR) is 86.7 cm³/mol. The molecule has 1 aromatic carbocycles. The monoisotopic (exact) mass is 316 g/mol. The first-order valence-corrected chi connectivity index (χ1v) is 9.39. The van der Waals surface area contributed by atoms with E-state index in [0.29, 0.717) is 11.4 Å². The van der Waals surface area contributed by atoms with E-state index in [0.717, 1.165) is 16.9 Å². The van der Waals surface area contributed by atoms with Crippen LogP contribution in [0.4, 0.5) is 0 Å². The first-order valence-electron chi connectivity index (χ1n) is 6.55. The maximum atomic E-state index is 12.6. The molecule has 1 unspecified atom stereocenters. The molecule has 0 amide bonds. The van der Waals surface area contributed by atoms with Gasteiger partial charge in [-0.2, -0.15) is 16.1 Å². The fraction of sp³-hybridized carbons (Fsp3) is 0.571. The van der Waals surface area contributed by atoms with E-state index in [1.54, 1.807) is 30.9 Å². The van der Waals surface area contributed by atoms with Crippen molar-refractivity contribution >= 4 is 21.8 Å². The van der Waals surface area contributed by atoms with Crippen LogP contribution in [0.25, 0.3) is 0 Å². The number of sulfonamides is 1. The quantitative estimate of drug-likeness (QED) is 0.837. The standard InChI is InChI=1S/C14H24N2O2S2/c1-11-6-7-14(8-13(11)9-15-3)20(17,18)16(4)12(2)10-19-5/h6-8,12,15H,9-10H2,1-5H3. The van der Waals surface area contributed by atoms with Gasteiger partial charge in [0.1, 0.15) is 0 Å². The molecule has 0 heterocycles. The Morgan fingerprint density at radius 1 is 1.40 bits per heavy atom. The summed E-state index contributed by atoms with van der Waals surface area (Å²) in [5, 5.41) is 3.06. The predicted octanol–water partition coefficient (Wildman–Crippen LogP) is 2.09. The van der Waals surface area contributed by atoms with Crippen molar-refractivity contribution in [3.05, 3.63) is 29.3 Å². The van der Waals surface area contributed by atoms with E-state index in [-0.39, 0.29) is 6.04 Å². The van der Waals surface area contributed by atoms with E-state index in [4.69, 9.17) is 0 Å². The second-order valence-corrected chi connectivity index (χ2v) is 7.85. The molecule has 1 atom stereocenters. The van der Waals surface area contributed by atoms with E-state index in [2.05, 4.69) is 5.32 Å². The largest absolute Gasteiger partial charge is 0.316 e. The highest BCUT2D eigenvalue weighted by atomic mass is 32.2. The summed E-state index contributed by atoms with van der Waals surface area (Å²) in [5.74, 6) is 0.783. The third kappa shape index (κ3) is 3.97. The van der Waals surface area contributed by atoms with Crippen LogP contribution in [0, 0.1) is 6.92 Å². The third-order valence-electron chi connectivity index (χ3n) is 3.39. The van der Waals surface area contributed by atoms with Crippen LogP contribution in [0.1, 0.15) is 18.1 Å². The molecule has 0 fully saturated rings. The maximum Gasteiger partial charge on any atom is 0.243 e. The van der Waals surface area contributed by atoms with E-state index in [1.165, 1.54) is 4.31 Å². The number of benzene rings is 1. The molecule has 0 aromatic heterocycles. The van der Waals surface area contributed by atoms with E-state index >= 15 is 0 Å². The fourth-order valence-corrected chi connectivity index (χ4v) is 4.15. The molecule has 1 N–H and O–H groups in total. The number of thioether (sulfide) groups is 1. The van der Waals surface area contributed by atoms with Crippen LogP contribution in [0.3, 0.4) is 0 Å². The Kier molecular flexibility index (Phi) is 6.51. The molecule has 0 radical (unpaired) electrons. The van der Waals surface area contributed by atoms with Crippen LogP contribution in [0.5, 0.6) is 0 Å². The SMILES string of the molecule is CNCc1cc(S(=O)(=O)N(C)C(C)CSC)ccc1C. The topological polar surface area (TPSA) is 49.4 Å². The normalized spacial score (nSPS) is 13.7. The maximum absolute atomic E-state index is 12.6. The Morgan fingerprint density at radius 2 is 2.05 bits per heavy atom. The highest BCUT2D eigenvalue weighted by molar-refractivity contribution is 7.98.